The summed E-state index contributed by atoms with van der Waals surface area (Å²) in [6.45, 7) is 2.18. The van der Waals surface area contributed by atoms with E-state index in [1.165, 1.54) is 0 Å². The van der Waals surface area contributed by atoms with Gasteiger partial charge in [-0.15, -0.1) is 0 Å². The second-order valence-corrected chi connectivity index (χ2v) is 10.2. The Bertz CT molecular complexity index is 1160. The highest BCUT2D eigenvalue weighted by atomic mass is 32.2. The number of sulfonamides is 1. The van der Waals surface area contributed by atoms with Gasteiger partial charge < -0.3 is 10.0 Å². The number of hydrogen-bond acceptors (Lipinski definition) is 6. The van der Waals surface area contributed by atoms with Crippen molar-refractivity contribution in [2.24, 2.45) is 15.9 Å². The number of hydrogen-bond donors (Lipinski definition) is 1. The van der Waals surface area contributed by atoms with Crippen LogP contribution in [0.4, 0.5) is 5.69 Å². The first-order valence-corrected chi connectivity index (χ1v) is 12.0. The molecule has 4 atom stereocenters. The first-order chi connectivity index (χ1) is 14.9. The highest BCUT2D eigenvalue weighted by Crippen LogP contribution is 2.50. The van der Waals surface area contributed by atoms with Crippen molar-refractivity contribution >= 4 is 27.1 Å². The minimum atomic E-state index is -3.83. The van der Waals surface area contributed by atoms with E-state index in [4.69, 9.17) is 0 Å². The molecule has 0 aliphatic carbocycles. The van der Waals surface area contributed by atoms with Gasteiger partial charge in [-0.1, -0.05) is 36.4 Å². The van der Waals surface area contributed by atoms with Gasteiger partial charge >= 0.3 is 0 Å². The maximum atomic E-state index is 13.5. The summed E-state index contributed by atoms with van der Waals surface area (Å²) in [4.78, 5) is 10.4. The van der Waals surface area contributed by atoms with Crippen LogP contribution < -0.4 is 4.90 Å². The van der Waals surface area contributed by atoms with E-state index in [0.29, 0.717) is 13.0 Å². The molecule has 0 amide bonds. The highest BCUT2D eigenvalue weighted by molar-refractivity contribution is 8.04. The number of aliphatic hydroxyl groups is 1. The van der Waals surface area contributed by atoms with E-state index in [2.05, 4.69) is 39.2 Å². The van der Waals surface area contributed by atoms with E-state index >= 15 is 0 Å². The molecule has 0 radical (unpaired) electrons. The van der Waals surface area contributed by atoms with Crippen molar-refractivity contribution in [3.63, 3.8) is 0 Å². The largest absolute Gasteiger partial charge is 0.394 e. The van der Waals surface area contributed by atoms with Crippen LogP contribution in [0.15, 0.2) is 58.5 Å². The molecule has 1 saturated heterocycles. The van der Waals surface area contributed by atoms with E-state index in [-0.39, 0.29) is 35.8 Å². The number of amidine groups is 1. The Balaban J connectivity index is 1.64. The van der Waals surface area contributed by atoms with Crippen molar-refractivity contribution in [2.75, 3.05) is 25.1 Å². The number of rotatable bonds is 3. The summed E-state index contributed by atoms with van der Waals surface area (Å²) in [5, 5.41) is 10.0. The predicted octanol–water partition coefficient (Wildman–Crippen LogP) is 2.69. The summed E-state index contributed by atoms with van der Waals surface area (Å²) in [6.07, 6.45) is 2.24. The van der Waals surface area contributed by atoms with Crippen molar-refractivity contribution in [1.82, 2.24) is 4.31 Å². The summed E-state index contributed by atoms with van der Waals surface area (Å²) >= 11 is 0. The third-order valence-corrected chi connectivity index (χ3v) is 8.36. The maximum Gasteiger partial charge on any atom is 0.278 e. The molecule has 162 valence electrons. The van der Waals surface area contributed by atoms with Gasteiger partial charge in [0.15, 0.2) is 0 Å². The van der Waals surface area contributed by atoms with Crippen LogP contribution >= 0.6 is 0 Å². The van der Waals surface area contributed by atoms with Gasteiger partial charge in [-0.2, -0.15) is 4.31 Å². The quantitative estimate of drug-likeness (QED) is 0.798. The second kappa shape index (κ2) is 7.55. The Morgan fingerprint density at radius 1 is 1.13 bits per heavy atom. The molecule has 1 fully saturated rings. The zero-order valence-electron chi connectivity index (χ0n) is 17.6. The third kappa shape index (κ3) is 3.21. The van der Waals surface area contributed by atoms with Gasteiger partial charge in [0.25, 0.3) is 15.2 Å². The van der Waals surface area contributed by atoms with E-state index in [9.17, 15) is 13.5 Å². The van der Waals surface area contributed by atoms with Crippen LogP contribution in [-0.2, 0) is 10.0 Å². The van der Waals surface area contributed by atoms with Crippen LogP contribution in [0.25, 0.3) is 11.1 Å². The Hall–Kier alpha value is -2.55. The molecule has 0 saturated carbocycles. The van der Waals surface area contributed by atoms with E-state index in [1.54, 1.807) is 10.5 Å². The van der Waals surface area contributed by atoms with Crippen molar-refractivity contribution in [3.8, 4) is 11.1 Å². The summed E-state index contributed by atoms with van der Waals surface area (Å²) in [5.41, 5.74) is 4.05. The number of fused-ring (bicyclic) bond motifs is 3. The molecule has 1 unspecified atom stereocenters. The van der Waals surface area contributed by atoms with Crippen molar-refractivity contribution in [2.45, 2.75) is 31.5 Å². The van der Waals surface area contributed by atoms with E-state index < -0.39 is 10.0 Å². The Morgan fingerprint density at radius 2 is 1.90 bits per heavy atom. The molecule has 7 nitrogen and oxygen atoms in total. The normalized spacial score (nSPS) is 27.8. The lowest BCUT2D eigenvalue weighted by atomic mass is 9.81. The van der Waals surface area contributed by atoms with Gasteiger partial charge in [0.05, 0.1) is 24.7 Å². The number of aliphatic imine (C=N–C) groups is 2. The molecule has 8 heteroatoms. The van der Waals surface area contributed by atoms with E-state index in [1.807, 2.05) is 38.2 Å². The van der Waals surface area contributed by atoms with Gasteiger partial charge in [0.1, 0.15) is 0 Å². The standard InChI is InChI=1S/C23H26N4O3S/c1-15-13-24-23(25-15)31(29,30)27-11-10-18-21(14-28)26(2)20-9-8-17(12-19(20)22(18)27)16-6-4-3-5-7-16/h3-9,12-13,15,18,21-22,28H,10-11,14H2,1-2H3/t15?,18-,21-,22-/m0/s1. The SMILES string of the molecule is CC1C=NC(S(=O)(=O)N2CC[C@@H]3[C@H]2c2cc(-c4ccccc4)ccc2N(C)[C@H]3CO)=N1. The molecular weight excluding hydrogens is 412 g/mol. The number of likely N-dealkylation sites (N-methyl/N-ethyl adjacent to an activating group) is 1. The molecule has 2 aromatic rings. The van der Waals surface area contributed by atoms with Crippen LogP contribution in [0, 0.1) is 5.92 Å². The van der Waals surface area contributed by atoms with Crippen LogP contribution in [0.2, 0.25) is 0 Å². The van der Waals surface area contributed by atoms with Gasteiger partial charge in [-0.3, -0.25) is 0 Å². The molecule has 0 aromatic heterocycles. The molecule has 0 bridgehead atoms. The minimum Gasteiger partial charge on any atom is -0.394 e. The molecule has 2 aromatic carbocycles. The zero-order valence-corrected chi connectivity index (χ0v) is 18.4. The molecule has 3 aliphatic rings. The molecule has 3 heterocycles. The number of benzene rings is 2. The Kier molecular flexibility index (Phi) is 4.96. The smallest absolute Gasteiger partial charge is 0.278 e. The van der Waals surface area contributed by atoms with Crippen molar-refractivity contribution in [3.05, 3.63) is 54.1 Å². The fourth-order valence-electron chi connectivity index (χ4n) is 5.14. The summed E-state index contributed by atoms with van der Waals surface area (Å²) in [7, 11) is -1.85. The lowest BCUT2D eigenvalue weighted by Crippen LogP contribution is -2.48. The first-order valence-electron chi connectivity index (χ1n) is 10.6. The molecule has 0 spiro atoms. The zero-order chi connectivity index (χ0) is 21.8. The van der Waals surface area contributed by atoms with Gasteiger partial charge in [0.2, 0.25) is 0 Å². The van der Waals surface area contributed by atoms with Crippen molar-refractivity contribution < 1.29 is 13.5 Å². The lowest BCUT2D eigenvalue weighted by Gasteiger charge is -2.44. The third-order valence-electron chi connectivity index (χ3n) is 6.66. The number of aliphatic hydroxyl groups excluding tert-OH is 1. The summed E-state index contributed by atoms with van der Waals surface area (Å²) in [5.74, 6) is -0.00768. The fraction of sp³-hybridized carbons (Fsp3) is 0.391. The topological polar surface area (TPSA) is 85.6 Å². The van der Waals surface area contributed by atoms with Crippen molar-refractivity contribution in [1.29, 1.82) is 0 Å². The summed E-state index contributed by atoms with van der Waals surface area (Å²) < 4.78 is 28.5. The van der Waals surface area contributed by atoms with Crippen LogP contribution in [0.5, 0.6) is 0 Å². The average molecular weight is 439 g/mol. The first kappa shape index (κ1) is 20.4. The number of anilines is 1. The van der Waals surface area contributed by atoms with Crippen LogP contribution in [-0.4, -0.2) is 61.5 Å². The monoisotopic (exact) mass is 438 g/mol. The molecule has 3 aliphatic heterocycles. The van der Waals surface area contributed by atoms with Gasteiger partial charge in [0, 0.05) is 31.4 Å². The predicted molar refractivity (Wildman–Crippen MR) is 123 cm³/mol. The van der Waals surface area contributed by atoms with E-state index in [0.717, 1.165) is 22.4 Å². The molecule has 1 N–H and O–H groups in total. The molecule has 31 heavy (non-hydrogen) atoms. The number of nitrogens with zero attached hydrogens (tertiary/aromatic N) is 4. The molecule has 5 rings (SSSR count). The van der Waals surface area contributed by atoms with Crippen LogP contribution in [0.1, 0.15) is 24.9 Å². The van der Waals surface area contributed by atoms with Gasteiger partial charge in [-0.05, 0) is 42.2 Å². The average Bonchev–Trinajstić information content (AvgIpc) is 3.42. The Labute approximate surface area is 182 Å². The maximum absolute atomic E-state index is 13.5. The summed E-state index contributed by atoms with van der Waals surface area (Å²) in [6, 6.07) is 15.5. The molecular formula is C23H26N4O3S. The minimum absolute atomic E-state index is 0.00768. The lowest BCUT2D eigenvalue weighted by molar-refractivity contribution is 0.193. The fourth-order valence-corrected chi connectivity index (χ4v) is 6.76. The van der Waals surface area contributed by atoms with Gasteiger partial charge in [-0.25, -0.2) is 18.4 Å². The highest BCUT2D eigenvalue weighted by Gasteiger charge is 2.51. The van der Waals surface area contributed by atoms with Crippen LogP contribution in [0.3, 0.4) is 0 Å². The Morgan fingerprint density at radius 3 is 2.58 bits per heavy atom. The second-order valence-electron chi connectivity index (χ2n) is 8.44.